The fourth-order valence-corrected chi connectivity index (χ4v) is 4.70. The first-order valence-corrected chi connectivity index (χ1v) is 9.80. The van der Waals surface area contributed by atoms with E-state index in [-0.39, 0.29) is 22.4 Å². The number of hydrogen-bond acceptors (Lipinski definition) is 6. The molecule has 1 atom stereocenters. The second-order valence-corrected chi connectivity index (χ2v) is 7.62. The van der Waals surface area contributed by atoms with Gasteiger partial charge in [-0.25, -0.2) is 9.59 Å². The van der Waals surface area contributed by atoms with E-state index in [2.05, 4.69) is 15.9 Å². The molecule has 0 bridgehead atoms. The van der Waals surface area contributed by atoms with Crippen LogP contribution in [0.1, 0.15) is 31.7 Å². The van der Waals surface area contributed by atoms with E-state index in [0.29, 0.717) is 11.4 Å². The molecule has 0 N–H and O–H groups in total. The average Bonchev–Trinajstić information content (AvgIpc) is 3.07. The maximum Gasteiger partial charge on any atom is 0.337 e. The highest BCUT2D eigenvalue weighted by molar-refractivity contribution is 9.10. The number of methoxy groups -OCH3 is 2. The number of halogens is 1. The lowest BCUT2D eigenvalue weighted by molar-refractivity contribution is -0.115. The molecule has 1 amide bonds. The standard InChI is InChI=1S/C19H16BrNO5S/c1-25-18(23)11-7-12(19(24)26-2)9-13(8-11)21-16(22)10-27-17(21)14-5-3-4-6-15(14)20/h3-9,17H,10H2,1-2H3/t17-/m0/s1. The summed E-state index contributed by atoms with van der Waals surface area (Å²) in [6.45, 7) is 0. The highest BCUT2D eigenvalue weighted by atomic mass is 79.9. The lowest BCUT2D eigenvalue weighted by Crippen LogP contribution is -2.28. The fraction of sp³-hybridized carbons (Fsp3) is 0.211. The second kappa shape index (κ2) is 8.14. The lowest BCUT2D eigenvalue weighted by atomic mass is 10.1. The summed E-state index contributed by atoms with van der Waals surface area (Å²) in [5.74, 6) is -1.02. The molecule has 8 heteroatoms. The molecule has 0 unspecified atom stereocenters. The summed E-state index contributed by atoms with van der Waals surface area (Å²) in [4.78, 5) is 38.3. The van der Waals surface area contributed by atoms with Gasteiger partial charge in [-0.1, -0.05) is 34.1 Å². The van der Waals surface area contributed by atoms with Crippen LogP contribution in [0, 0.1) is 0 Å². The van der Waals surface area contributed by atoms with Crippen molar-refractivity contribution < 1.29 is 23.9 Å². The summed E-state index contributed by atoms with van der Waals surface area (Å²) in [6, 6.07) is 12.1. The van der Waals surface area contributed by atoms with Crippen LogP contribution in [0.15, 0.2) is 46.9 Å². The molecule has 0 aliphatic carbocycles. The summed E-state index contributed by atoms with van der Waals surface area (Å²) in [6.07, 6.45) is 0. The SMILES string of the molecule is COC(=O)c1cc(C(=O)OC)cc(N2C(=O)CS[C@H]2c2ccccc2Br)c1. The van der Waals surface area contributed by atoms with Crippen molar-refractivity contribution in [3.63, 3.8) is 0 Å². The van der Waals surface area contributed by atoms with Crippen molar-refractivity contribution >= 4 is 51.2 Å². The van der Waals surface area contributed by atoms with E-state index in [1.807, 2.05) is 24.3 Å². The molecule has 0 aromatic heterocycles. The predicted octanol–water partition coefficient (Wildman–Crippen LogP) is 3.80. The Morgan fingerprint density at radius 2 is 1.67 bits per heavy atom. The highest BCUT2D eigenvalue weighted by Crippen LogP contribution is 2.44. The smallest absolute Gasteiger partial charge is 0.337 e. The molecule has 1 aliphatic rings. The first-order valence-electron chi connectivity index (χ1n) is 7.96. The van der Waals surface area contributed by atoms with Crippen molar-refractivity contribution in [1.82, 2.24) is 0 Å². The number of nitrogens with zero attached hydrogens (tertiary/aromatic N) is 1. The number of benzene rings is 2. The number of amides is 1. The molecule has 1 heterocycles. The van der Waals surface area contributed by atoms with Gasteiger partial charge in [0.05, 0.1) is 31.1 Å². The van der Waals surface area contributed by atoms with Crippen LogP contribution in [-0.4, -0.2) is 37.8 Å². The minimum Gasteiger partial charge on any atom is -0.465 e. The van der Waals surface area contributed by atoms with Gasteiger partial charge in [0, 0.05) is 10.2 Å². The molecular formula is C19H16BrNO5S. The Balaban J connectivity index is 2.12. The Hall–Kier alpha value is -2.32. The molecule has 3 rings (SSSR count). The molecule has 27 heavy (non-hydrogen) atoms. The van der Waals surface area contributed by atoms with Crippen molar-refractivity contribution in [1.29, 1.82) is 0 Å². The van der Waals surface area contributed by atoms with E-state index in [1.54, 1.807) is 17.0 Å². The Morgan fingerprint density at radius 1 is 1.07 bits per heavy atom. The molecule has 0 radical (unpaired) electrons. The molecule has 2 aromatic carbocycles. The van der Waals surface area contributed by atoms with Crippen LogP contribution < -0.4 is 4.90 Å². The van der Waals surface area contributed by atoms with Gasteiger partial charge in [0.15, 0.2) is 0 Å². The van der Waals surface area contributed by atoms with Gasteiger partial charge in [-0.05, 0) is 29.8 Å². The van der Waals surface area contributed by atoms with E-state index < -0.39 is 11.9 Å². The number of ether oxygens (including phenoxy) is 2. The van der Waals surface area contributed by atoms with Crippen molar-refractivity contribution in [3.05, 3.63) is 63.6 Å². The van der Waals surface area contributed by atoms with Crippen LogP contribution in [0.4, 0.5) is 5.69 Å². The minimum absolute atomic E-state index is 0.112. The van der Waals surface area contributed by atoms with Crippen molar-refractivity contribution in [2.45, 2.75) is 5.37 Å². The minimum atomic E-state index is -0.598. The van der Waals surface area contributed by atoms with E-state index in [0.717, 1.165) is 10.0 Å². The predicted molar refractivity (Wildman–Crippen MR) is 106 cm³/mol. The molecule has 2 aromatic rings. The van der Waals surface area contributed by atoms with E-state index in [4.69, 9.17) is 9.47 Å². The van der Waals surface area contributed by atoms with Crippen molar-refractivity contribution in [3.8, 4) is 0 Å². The number of hydrogen-bond donors (Lipinski definition) is 0. The normalized spacial score (nSPS) is 16.3. The summed E-state index contributed by atoms with van der Waals surface area (Å²) < 4.78 is 10.4. The third kappa shape index (κ3) is 3.86. The number of esters is 2. The van der Waals surface area contributed by atoms with Crippen LogP contribution >= 0.6 is 27.7 Å². The number of carbonyl (C=O) groups is 3. The van der Waals surface area contributed by atoms with Crippen LogP contribution in [0.5, 0.6) is 0 Å². The van der Waals surface area contributed by atoms with Gasteiger partial charge in [0.2, 0.25) is 5.91 Å². The first kappa shape index (κ1) is 19.4. The van der Waals surface area contributed by atoms with E-state index in [1.165, 1.54) is 32.0 Å². The molecule has 140 valence electrons. The van der Waals surface area contributed by atoms with Crippen molar-refractivity contribution in [2.75, 3.05) is 24.9 Å². The maximum atomic E-state index is 12.6. The maximum absolute atomic E-state index is 12.6. The summed E-state index contributed by atoms with van der Waals surface area (Å²) >= 11 is 5.00. The van der Waals surface area contributed by atoms with Gasteiger partial charge in [-0.15, -0.1) is 11.8 Å². The average molecular weight is 450 g/mol. The molecular weight excluding hydrogens is 434 g/mol. The fourth-order valence-electron chi connectivity index (χ4n) is 2.83. The van der Waals surface area contributed by atoms with E-state index in [9.17, 15) is 14.4 Å². The molecule has 0 spiro atoms. The Bertz CT molecular complexity index is 882. The van der Waals surface area contributed by atoms with Crippen LogP contribution in [-0.2, 0) is 14.3 Å². The zero-order valence-corrected chi connectivity index (χ0v) is 17.0. The van der Waals surface area contributed by atoms with Gasteiger partial charge in [0.1, 0.15) is 5.37 Å². The number of anilines is 1. The zero-order valence-electron chi connectivity index (χ0n) is 14.6. The van der Waals surface area contributed by atoms with Gasteiger partial charge >= 0.3 is 11.9 Å². The molecule has 1 fully saturated rings. The molecule has 0 saturated carbocycles. The number of carbonyl (C=O) groups excluding carboxylic acids is 3. The zero-order chi connectivity index (χ0) is 19.6. The first-order chi connectivity index (χ1) is 13.0. The van der Waals surface area contributed by atoms with Crippen molar-refractivity contribution in [2.24, 2.45) is 0 Å². The van der Waals surface area contributed by atoms with Gasteiger partial charge in [0.25, 0.3) is 0 Å². The summed E-state index contributed by atoms with van der Waals surface area (Å²) in [7, 11) is 2.52. The number of thioether (sulfide) groups is 1. The Kier molecular flexibility index (Phi) is 5.86. The third-order valence-corrected chi connectivity index (χ3v) is 5.99. The van der Waals surface area contributed by atoms with E-state index >= 15 is 0 Å². The summed E-state index contributed by atoms with van der Waals surface area (Å²) in [5, 5.41) is -0.286. The summed E-state index contributed by atoms with van der Waals surface area (Å²) in [5.41, 5.74) is 1.71. The number of rotatable bonds is 4. The van der Waals surface area contributed by atoms with Gasteiger partial charge in [-0.3, -0.25) is 9.69 Å². The lowest BCUT2D eigenvalue weighted by Gasteiger charge is -2.26. The molecule has 6 nitrogen and oxygen atoms in total. The van der Waals surface area contributed by atoms with Crippen LogP contribution in [0.3, 0.4) is 0 Å². The van der Waals surface area contributed by atoms with Crippen LogP contribution in [0.25, 0.3) is 0 Å². The second-order valence-electron chi connectivity index (χ2n) is 5.70. The third-order valence-electron chi connectivity index (χ3n) is 4.08. The van der Waals surface area contributed by atoms with Crippen LogP contribution in [0.2, 0.25) is 0 Å². The monoisotopic (exact) mass is 449 g/mol. The Morgan fingerprint density at radius 3 is 2.22 bits per heavy atom. The molecule has 1 aliphatic heterocycles. The largest absolute Gasteiger partial charge is 0.465 e. The Labute approximate surface area is 168 Å². The van der Waals surface area contributed by atoms with Gasteiger partial charge in [-0.2, -0.15) is 0 Å². The van der Waals surface area contributed by atoms with Gasteiger partial charge < -0.3 is 9.47 Å². The quantitative estimate of drug-likeness (QED) is 0.660. The highest BCUT2D eigenvalue weighted by Gasteiger charge is 2.35. The molecule has 1 saturated heterocycles. The topological polar surface area (TPSA) is 72.9 Å².